The van der Waals surface area contributed by atoms with Crippen molar-refractivity contribution in [2.24, 2.45) is 5.92 Å². The van der Waals surface area contributed by atoms with Crippen molar-refractivity contribution in [2.45, 2.75) is 32.1 Å². The van der Waals surface area contributed by atoms with Crippen molar-refractivity contribution in [3.8, 4) is 0 Å². The maximum atomic E-state index is 11.8. The zero-order chi connectivity index (χ0) is 15.1. The molecule has 1 heterocycles. The van der Waals surface area contributed by atoms with Crippen LogP contribution in [0.4, 0.5) is 0 Å². The van der Waals surface area contributed by atoms with Crippen molar-refractivity contribution in [1.29, 1.82) is 0 Å². The smallest absolute Gasteiger partial charge is 0.220 e. The Hall–Kier alpha value is -0.480. The van der Waals surface area contributed by atoms with Crippen molar-refractivity contribution < 1.29 is 4.79 Å². The third-order valence-electron chi connectivity index (χ3n) is 3.84. The van der Waals surface area contributed by atoms with Crippen molar-refractivity contribution in [3.05, 3.63) is 33.8 Å². The molecule has 0 spiro atoms. The van der Waals surface area contributed by atoms with Crippen molar-refractivity contribution >= 4 is 41.5 Å². The summed E-state index contributed by atoms with van der Waals surface area (Å²) < 4.78 is 0. The molecule has 1 aromatic carbocycles. The molecule has 1 atom stereocenters. The number of aryl methyl sites for hydroxylation is 1. The number of amides is 1. The van der Waals surface area contributed by atoms with Crippen LogP contribution in [0.1, 0.15) is 31.2 Å². The highest BCUT2D eigenvalue weighted by Gasteiger charge is 2.13. The summed E-state index contributed by atoms with van der Waals surface area (Å²) in [6.07, 6.45) is 4.64. The van der Waals surface area contributed by atoms with Crippen LogP contribution in [0.25, 0.3) is 0 Å². The van der Waals surface area contributed by atoms with Crippen molar-refractivity contribution in [3.63, 3.8) is 0 Å². The Balaban J connectivity index is 0.00000242. The average Bonchev–Trinajstić information content (AvgIpc) is 2.50. The molecule has 1 aromatic rings. The van der Waals surface area contributed by atoms with Gasteiger partial charge >= 0.3 is 0 Å². The zero-order valence-electron chi connectivity index (χ0n) is 12.5. The van der Waals surface area contributed by atoms with Crippen LogP contribution in [0, 0.1) is 5.92 Å². The SMILES string of the molecule is Cl.O=C(CCCc1ccc(Cl)c(Cl)c1)NCC1CCCNC1. The van der Waals surface area contributed by atoms with Gasteiger partial charge in [0.2, 0.25) is 5.91 Å². The van der Waals surface area contributed by atoms with E-state index in [2.05, 4.69) is 10.6 Å². The molecule has 0 saturated carbocycles. The van der Waals surface area contributed by atoms with Gasteiger partial charge in [0.25, 0.3) is 0 Å². The Morgan fingerprint density at radius 1 is 1.32 bits per heavy atom. The molecule has 1 aliphatic heterocycles. The van der Waals surface area contributed by atoms with E-state index in [9.17, 15) is 4.79 Å². The molecule has 0 aliphatic carbocycles. The van der Waals surface area contributed by atoms with Gasteiger partial charge in [-0.1, -0.05) is 29.3 Å². The van der Waals surface area contributed by atoms with Crippen molar-refractivity contribution in [1.82, 2.24) is 10.6 Å². The average molecular weight is 366 g/mol. The van der Waals surface area contributed by atoms with Gasteiger partial charge in [0.05, 0.1) is 10.0 Å². The minimum absolute atomic E-state index is 0. The van der Waals surface area contributed by atoms with Gasteiger partial charge in [0, 0.05) is 13.0 Å². The van der Waals surface area contributed by atoms with E-state index in [-0.39, 0.29) is 18.3 Å². The van der Waals surface area contributed by atoms with Gasteiger partial charge in [-0.3, -0.25) is 4.79 Å². The monoisotopic (exact) mass is 364 g/mol. The van der Waals surface area contributed by atoms with Gasteiger partial charge in [0.15, 0.2) is 0 Å². The highest BCUT2D eigenvalue weighted by molar-refractivity contribution is 6.42. The maximum Gasteiger partial charge on any atom is 0.220 e. The van der Waals surface area contributed by atoms with E-state index in [1.807, 2.05) is 12.1 Å². The lowest BCUT2D eigenvalue weighted by molar-refractivity contribution is -0.121. The second-order valence-corrected chi connectivity index (χ2v) is 6.43. The molecule has 6 heteroatoms. The molecule has 22 heavy (non-hydrogen) atoms. The van der Waals surface area contributed by atoms with E-state index in [4.69, 9.17) is 23.2 Å². The van der Waals surface area contributed by atoms with Crippen LogP contribution in [0.5, 0.6) is 0 Å². The van der Waals surface area contributed by atoms with Crippen LogP contribution in [0.15, 0.2) is 18.2 Å². The molecule has 1 aliphatic rings. The lowest BCUT2D eigenvalue weighted by Gasteiger charge is -2.22. The van der Waals surface area contributed by atoms with Gasteiger partial charge in [-0.15, -0.1) is 12.4 Å². The molecular weight excluding hydrogens is 343 g/mol. The number of piperidine rings is 1. The zero-order valence-corrected chi connectivity index (χ0v) is 14.9. The van der Waals surface area contributed by atoms with Crippen LogP contribution < -0.4 is 10.6 Å². The summed E-state index contributed by atoms with van der Waals surface area (Å²) in [4.78, 5) is 11.8. The van der Waals surface area contributed by atoms with Gasteiger partial charge in [-0.25, -0.2) is 0 Å². The third-order valence-corrected chi connectivity index (χ3v) is 4.58. The molecule has 2 N–H and O–H groups in total. The topological polar surface area (TPSA) is 41.1 Å². The summed E-state index contributed by atoms with van der Waals surface area (Å²) in [5, 5.41) is 7.53. The second kappa shape index (κ2) is 10.3. The molecular formula is C16H23Cl3N2O. The fourth-order valence-electron chi connectivity index (χ4n) is 2.59. The van der Waals surface area contributed by atoms with Gasteiger partial charge in [-0.2, -0.15) is 0 Å². The first-order chi connectivity index (χ1) is 10.1. The van der Waals surface area contributed by atoms with E-state index >= 15 is 0 Å². The Bertz CT molecular complexity index is 476. The van der Waals surface area contributed by atoms with Crippen molar-refractivity contribution in [2.75, 3.05) is 19.6 Å². The van der Waals surface area contributed by atoms with Crippen LogP contribution in [0.3, 0.4) is 0 Å². The first kappa shape index (κ1) is 19.6. The fraction of sp³-hybridized carbons (Fsp3) is 0.562. The first-order valence-corrected chi connectivity index (χ1v) is 8.32. The molecule has 124 valence electrons. The molecule has 1 fully saturated rings. The van der Waals surface area contributed by atoms with Crippen LogP contribution in [-0.4, -0.2) is 25.5 Å². The Morgan fingerprint density at radius 2 is 2.14 bits per heavy atom. The summed E-state index contributed by atoms with van der Waals surface area (Å²) in [6, 6.07) is 5.63. The highest BCUT2D eigenvalue weighted by Crippen LogP contribution is 2.23. The third kappa shape index (κ3) is 6.74. The molecule has 0 bridgehead atoms. The van der Waals surface area contributed by atoms with E-state index < -0.39 is 0 Å². The first-order valence-electron chi connectivity index (χ1n) is 7.56. The summed E-state index contributed by atoms with van der Waals surface area (Å²) in [5.74, 6) is 0.721. The number of nitrogens with one attached hydrogen (secondary N) is 2. The van der Waals surface area contributed by atoms with Crippen LogP contribution >= 0.6 is 35.6 Å². The van der Waals surface area contributed by atoms with Gasteiger partial charge < -0.3 is 10.6 Å². The predicted octanol–water partition coefficient (Wildman–Crippen LogP) is 3.85. The predicted molar refractivity (Wildman–Crippen MR) is 95.3 cm³/mol. The van der Waals surface area contributed by atoms with E-state index in [0.717, 1.165) is 38.0 Å². The molecule has 1 amide bonds. The minimum atomic E-state index is 0. The molecule has 1 saturated heterocycles. The normalized spacial score (nSPS) is 17.6. The molecule has 3 nitrogen and oxygen atoms in total. The fourth-order valence-corrected chi connectivity index (χ4v) is 2.91. The number of halogens is 3. The summed E-state index contributed by atoms with van der Waals surface area (Å²) in [5.41, 5.74) is 1.12. The summed E-state index contributed by atoms with van der Waals surface area (Å²) in [7, 11) is 0. The number of benzene rings is 1. The summed E-state index contributed by atoms with van der Waals surface area (Å²) in [6.45, 7) is 2.91. The number of hydrogen-bond acceptors (Lipinski definition) is 2. The molecule has 1 unspecified atom stereocenters. The van der Waals surface area contributed by atoms with E-state index in [1.54, 1.807) is 6.07 Å². The Labute approximate surface area is 148 Å². The quantitative estimate of drug-likeness (QED) is 0.804. The van der Waals surface area contributed by atoms with Crippen LogP contribution in [0.2, 0.25) is 10.0 Å². The van der Waals surface area contributed by atoms with Crippen LogP contribution in [-0.2, 0) is 11.2 Å². The van der Waals surface area contributed by atoms with E-state index in [1.165, 1.54) is 12.8 Å². The number of carbonyl (C=O) groups is 1. The number of rotatable bonds is 6. The van der Waals surface area contributed by atoms with E-state index in [0.29, 0.717) is 22.4 Å². The highest BCUT2D eigenvalue weighted by atomic mass is 35.5. The number of carbonyl (C=O) groups excluding carboxylic acids is 1. The Kier molecular flexibility index (Phi) is 9.18. The van der Waals surface area contributed by atoms with Gasteiger partial charge in [0.1, 0.15) is 0 Å². The Morgan fingerprint density at radius 3 is 2.82 bits per heavy atom. The molecule has 2 rings (SSSR count). The summed E-state index contributed by atoms with van der Waals surface area (Å²) >= 11 is 11.9. The standard InChI is InChI=1S/C16H22Cl2N2O.ClH/c17-14-7-6-12(9-15(14)18)3-1-5-16(21)20-11-13-4-2-8-19-10-13;/h6-7,9,13,19H,1-5,8,10-11H2,(H,20,21);1H. The lowest BCUT2D eigenvalue weighted by atomic mass is 10.00. The minimum Gasteiger partial charge on any atom is -0.356 e. The maximum absolute atomic E-state index is 11.8. The van der Waals surface area contributed by atoms with Gasteiger partial charge in [-0.05, 0) is 62.4 Å². The second-order valence-electron chi connectivity index (χ2n) is 5.62. The molecule has 0 radical (unpaired) electrons. The largest absolute Gasteiger partial charge is 0.356 e. The number of hydrogen-bond donors (Lipinski definition) is 2. The molecule has 0 aromatic heterocycles. The lowest BCUT2D eigenvalue weighted by Crippen LogP contribution is -2.38.